The Labute approximate surface area is 121 Å². The molecule has 0 aliphatic heterocycles. The summed E-state index contributed by atoms with van der Waals surface area (Å²) < 4.78 is 0. The van der Waals surface area contributed by atoms with Gasteiger partial charge >= 0.3 is 0 Å². The summed E-state index contributed by atoms with van der Waals surface area (Å²) in [6.45, 7) is 5.27. The second kappa shape index (κ2) is 5.76. The first-order valence-electron chi connectivity index (χ1n) is 7.55. The average molecular weight is 266 g/mol. The van der Waals surface area contributed by atoms with Crippen molar-refractivity contribution < 1.29 is 0 Å². The Bertz CT molecular complexity index is 604. The lowest BCUT2D eigenvalue weighted by Gasteiger charge is -2.21. The highest BCUT2D eigenvalue weighted by Gasteiger charge is 2.18. The second-order valence-electron chi connectivity index (χ2n) is 5.60. The van der Waals surface area contributed by atoms with Gasteiger partial charge in [0.15, 0.2) is 0 Å². The summed E-state index contributed by atoms with van der Waals surface area (Å²) in [5.41, 5.74) is 7.01. The molecule has 0 bridgehead atoms. The maximum Gasteiger partial charge on any atom is 0.0594 e. The maximum absolute atomic E-state index is 4.31. The van der Waals surface area contributed by atoms with Crippen LogP contribution in [0, 0.1) is 6.92 Å². The van der Waals surface area contributed by atoms with Crippen LogP contribution >= 0.6 is 0 Å². The van der Waals surface area contributed by atoms with Crippen molar-refractivity contribution >= 4 is 0 Å². The monoisotopic (exact) mass is 266 g/mol. The summed E-state index contributed by atoms with van der Waals surface area (Å²) in [7, 11) is 0. The molecule has 3 rings (SSSR count). The molecule has 0 amide bonds. The van der Waals surface area contributed by atoms with E-state index < -0.39 is 0 Å². The molecule has 1 N–H and O–H groups in total. The third kappa shape index (κ3) is 2.48. The van der Waals surface area contributed by atoms with Gasteiger partial charge in [0.05, 0.1) is 6.04 Å². The Morgan fingerprint density at radius 2 is 2.05 bits per heavy atom. The number of benzene rings is 1. The standard InChI is InChI=1S/C18H22N2/c1-3-20-18(17-12-19-10-9-13(17)2)16-8-7-14-5-4-6-15(14)11-16/h7-12,18,20H,3-6H2,1-2H3. The van der Waals surface area contributed by atoms with Crippen LogP contribution in [-0.2, 0) is 12.8 Å². The van der Waals surface area contributed by atoms with Gasteiger partial charge in [0, 0.05) is 12.4 Å². The van der Waals surface area contributed by atoms with Gasteiger partial charge in [-0.2, -0.15) is 0 Å². The fraction of sp³-hybridized carbons (Fsp3) is 0.389. The maximum atomic E-state index is 4.31. The third-order valence-electron chi connectivity index (χ3n) is 4.25. The number of hydrogen-bond acceptors (Lipinski definition) is 2. The third-order valence-corrected chi connectivity index (χ3v) is 4.25. The van der Waals surface area contributed by atoms with E-state index >= 15 is 0 Å². The van der Waals surface area contributed by atoms with Crippen LogP contribution < -0.4 is 5.32 Å². The first kappa shape index (κ1) is 13.3. The van der Waals surface area contributed by atoms with E-state index in [1.165, 1.54) is 47.1 Å². The van der Waals surface area contributed by atoms with Crippen molar-refractivity contribution in [3.05, 3.63) is 64.5 Å². The van der Waals surface area contributed by atoms with E-state index in [-0.39, 0.29) is 6.04 Å². The lowest BCUT2D eigenvalue weighted by molar-refractivity contribution is 0.625. The molecule has 20 heavy (non-hydrogen) atoms. The van der Waals surface area contributed by atoms with E-state index in [0.29, 0.717) is 0 Å². The van der Waals surface area contributed by atoms with Crippen molar-refractivity contribution in [1.29, 1.82) is 0 Å². The number of aryl methyl sites for hydroxylation is 3. The molecule has 2 heteroatoms. The molecule has 1 aromatic carbocycles. The topological polar surface area (TPSA) is 24.9 Å². The fourth-order valence-electron chi connectivity index (χ4n) is 3.16. The zero-order valence-electron chi connectivity index (χ0n) is 12.3. The van der Waals surface area contributed by atoms with E-state index in [4.69, 9.17) is 0 Å². The number of nitrogens with zero attached hydrogens (tertiary/aromatic N) is 1. The van der Waals surface area contributed by atoms with Crippen LogP contribution in [0.25, 0.3) is 0 Å². The molecule has 1 heterocycles. The average Bonchev–Trinajstić information content (AvgIpc) is 2.93. The van der Waals surface area contributed by atoms with Gasteiger partial charge in [-0.1, -0.05) is 25.1 Å². The highest BCUT2D eigenvalue weighted by Crippen LogP contribution is 2.29. The number of aromatic nitrogens is 1. The zero-order valence-corrected chi connectivity index (χ0v) is 12.3. The summed E-state index contributed by atoms with van der Waals surface area (Å²) >= 11 is 0. The number of pyridine rings is 1. The summed E-state index contributed by atoms with van der Waals surface area (Å²) in [6.07, 6.45) is 7.64. The fourth-order valence-corrected chi connectivity index (χ4v) is 3.16. The van der Waals surface area contributed by atoms with E-state index in [1.807, 2.05) is 12.4 Å². The molecular weight excluding hydrogens is 244 g/mol. The largest absolute Gasteiger partial charge is 0.306 e. The van der Waals surface area contributed by atoms with Gasteiger partial charge in [-0.25, -0.2) is 0 Å². The molecule has 0 saturated heterocycles. The Morgan fingerprint density at radius 3 is 2.85 bits per heavy atom. The summed E-state index contributed by atoms with van der Waals surface area (Å²) in [5.74, 6) is 0. The summed E-state index contributed by atoms with van der Waals surface area (Å²) in [4.78, 5) is 4.31. The van der Waals surface area contributed by atoms with Crippen molar-refractivity contribution in [2.45, 2.75) is 39.2 Å². The molecule has 0 saturated carbocycles. The van der Waals surface area contributed by atoms with Crippen molar-refractivity contribution in [2.75, 3.05) is 6.54 Å². The van der Waals surface area contributed by atoms with Crippen LogP contribution in [0.1, 0.15) is 47.2 Å². The van der Waals surface area contributed by atoms with Crippen molar-refractivity contribution in [3.63, 3.8) is 0 Å². The van der Waals surface area contributed by atoms with E-state index in [0.717, 1.165) is 6.54 Å². The van der Waals surface area contributed by atoms with Gasteiger partial charge in [0.1, 0.15) is 0 Å². The van der Waals surface area contributed by atoms with Crippen LogP contribution in [0.3, 0.4) is 0 Å². The van der Waals surface area contributed by atoms with Crippen molar-refractivity contribution in [1.82, 2.24) is 10.3 Å². The van der Waals surface area contributed by atoms with Gasteiger partial charge in [-0.3, -0.25) is 4.98 Å². The molecule has 0 fully saturated rings. The molecule has 1 aliphatic rings. The Hall–Kier alpha value is -1.67. The smallest absolute Gasteiger partial charge is 0.0594 e. The molecule has 1 unspecified atom stereocenters. The van der Waals surface area contributed by atoms with Crippen LogP contribution in [0.2, 0.25) is 0 Å². The second-order valence-corrected chi connectivity index (χ2v) is 5.60. The molecule has 1 atom stereocenters. The molecule has 2 aromatic rings. The first-order valence-corrected chi connectivity index (χ1v) is 7.55. The zero-order chi connectivity index (χ0) is 13.9. The SMILES string of the molecule is CCNC(c1ccc2c(c1)CCC2)c1cnccc1C. The number of nitrogens with one attached hydrogen (secondary N) is 1. The first-order chi connectivity index (χ1) is 9.79. The Morgan fingerprint density at radius 1 is 1.20 bits per heavy atom. The minimum atomic E-state index is 0.250. The summed E-state index contributed by atoms with van der Waals surface area (Å²) in [5, 5.41) is 3.61. The predicted octanol–water partition coefficient (Wildman–Crippen LogP) is 3.58. The van der Waals surface area contributed by atoms with Gasteiger partial charge in [-0.15, -0.1) is 0 Å². The van der Waals surface area contributed by atoms with Crippen LogP contribution in [0.5, 0.6) is 0 Å². The number of hydrogen-bond donors (Lipinski definition) is 1. The quantitative estimate of drug-likeness (QED) is 0.915. The van der Waals surface area contributed by atoms with E-state index in [2.05, 4.69) is 48.4 Å². The van der Waals surface area contributed by atoms with Gasteiger partial charge in [0.25, 0.3) is 0 Å². The van der Waals surface area contributed by atoms with E-state index in [1.54, 1.807) is 0 Å². The lowest BCUT2D eigenvalue weighted by atomic mass is 9.94. The highest BCUT2D eigenvalue weighted by atomic mass is 14.9. The Kier molecular flexibility index (Phi) is 3.83. The van der Waals surface area contributed by atoms with Gasteiger partial charge in [0.2, 0.25) is 0 Å². The van der Waals surface area contributed by atoms with Gasteiger partial charge in [-0.05, 0) is 66.6 Å². The molecular formula is C18H22N2. The molecule has 0 radical (unpaired) electrons. The van der Waals surface area contributed by atoms with Gasteiger partial charge < -0.3 is 5.32 Å². The normalized spacial score (nSPS) is 15.1. The molecule has 104 valence electrons. The van der Waals surface area contributed by atoms with Crippen molar-refractivity contribution in [3.8, 4) is 0 Å². The highest BCUT2D eigenvalue weighted by molar-refractivity contribution is 5.41. The molecule has 1 aliphatic carbocycles. The molecule has 2 nitrogen and oxygen atoms in total. The van der Waals surface area contributed by atoms with Crippen LogP contribution in [-0.4, -0.2) is 11.5 Å². The molecule has 1 aromatic heterocycles. The number of rotatable bonds is 4. The van der Waals surface area contributed by atoms with Crippen LogP contribution in [0.4, 0.5) is 0 Å². The van der Waals surface area contributed by atoms with Crippen LogP contribution in [0.15, 0.2) is 36.7 Å². The predicted molar refractivity (Wildman–Crippen MR) is 83.0 cm³/mol. The minimum Gasteiger partial charge on any atom is -0.306 e. The van der Waals surface area contributed by atoms with Crippen molar-refractivity contribution in [2.24, 2.45) is 0 Å². The molecule has 0 spiro atoms. The van der Waals surface area contributed by atoms with E-state index in [9.17, 15) is 0 Å². The Balaban J connectivity index is 2.01. The number of fused-ring (bicyclic) bond motifs is 1. The lowest BCUT2D eigenvalue weighted by Crippen LogP contribution is -2.23. The minimum absolute atomic E-state index is 0.250. The summed E-state index contributed by atoms with van der Waals surface area (Å²) in [6, 6.07) is 9.33.